The Bertz CT molecular complexity index is 522. The van der Waals surface area contributed by atoms with Gasteiger partial charge in [0.05, 0.1) is 17.9 Å². The normalized spacial score (nSPS) is 12.7. The molecule has 1 atom stereocenters. The van der Waals surface area contributed by atoms with Crippen molar-refractivity contribution in [2.45, 2.75) is 13.0 Å². The minimum absolute atomic E-state index is 0.252. The molecule has 0 spiro atoms. The van der Waals surface area contributed by atoms with Crippen LogP contribution in [0.1, 0.15) is 22.9 Å². The van der Waals surface area contributed by atoms with Crippen LogP contribution in [0.3, 0.4) is 0 Å². The van der Waals surface area contributed by atoms with Crippen molar-refractivity contribution in [3.63, 3.8) is 0 Å². The molecule has 5 nitrogen and oxygen atoms in total. The standard InChI is InChI=1S/C11H14FN5/c1-7-3-4-8(5-9(7)12)11(15-13)10-6-14-16-17(10)2/h3-6,11,15H,13H2,1-2H3. The average Bonchev–Trinajstić information content (AvgIpc) is 2.71. The fourth-order valence-corrected chi connectivity index (χ4v) is 1.70. The highest BCUT2D eigenvalue weighted by Gasteiger charge is 2.17. The first-order valence-electron chi connectivity index (χ1n) is 5.20. The van der Waals surface area contributed by atoms with Gasteiger partial charge in [-0.1, -0.05) is 17.3 Å². The first-order chi connectivity index (χ1) is 8.13. The fraction of sp³-hybridized carbons (Fsp3) is 0.273. The molecule has 0 fully saturated rings. The molecule has 0 aliphatic rings. The largest absolute Gasteiger partial charge is 0.271 e. The lowest BCUT2D eigenvalue weighted by Crippen LogP contribution is -2.30. The van der Waals surface area contributed by atoms with Crippen LogP contribution >= 0.6 is 0 Å². The lowest BCUT2D eigenvalue weighted by Gasteiger charge is -2.16. The van der Waals surface area contributed by atoms with E-state index in [0.29, 0.717) is 5.56 Å². The zero-order valence-electron chi connectivity index (χ0n) is 9.68. The van der Waals surface area contributed by atoms with Crippen LogP contribution in [-0.2, 0) is 7.05 Å². The molecule has 1 aromatic carbocycles. The number of benzene rings is 1. The van der Waals surface area contributed by atoms with E-state index in [0.717, 1.165) is 11.3 Å². The van der Waals surface area contributed by atoms with Crippen molar-refractivity contribution >= 4 is 0 Å². The molecule has 6 heteroatoms. The summed E-state index contributed by atoms with van der Waals surface area (Å²) in [6, 6.07) is 4.69. The number of hydrogen-bond donors (Lipinski definition) is 2. The van der Waals surface area contributed by atoms with Crippen LogP contribution in [0.15, 0.2) is 24.4 Å². The molecule has 17 heavy (non-hydrogen) atoms. The Kier molecular flexibility index (Phi) is 3.16. The number of hydrazine groups is 1. The average molecular weight is 235 g/mol. The van der Waals surface area contributed by atoms with Crippen molar-refractivity contribution in [3.8, 4) is 0 Å². The van der Waals surface area contributed by atoms with E-state index in [1.165, 1.54) is 6.07 Å². The van der Waals surface area contributed by atoms with E-state index in [2.05, 4.69) is 15.7 Å². The Morgan fingerprint density at radius 1 is 1.47 bits per heavy atom. The van der Waals surface area contributed by atoms with E-state index in [1.807, 2.05) is 6.07 Å². The second-order valence-electron chi connectivity index (χ2n) is 3.89. The molecule has 0 aliphatic carbocycles. The highest BCUT2D eigenvalue weighted by molar-refractivity contribution is 5.30. The van der Waals surface area contributed by atoms with Gasteiger partial charge in [-0.05, 0) is 24.1 Å². The van der Waals surface area contributed by atoms with E-state index in [4.69, 9.17) is 5.84 Å². The zero-order valence-corrected chi connectivity index (χ0v) is 9.68. The minimum Gasteiger partial charge on any atom is -0.271 e. The maximum Gasteiger partial charge on any atom is 0.126 e. The molecule has 0 radical (unpaired) electrons. The SMILES string of the molecule is Cc1ccc(C(NN)c2cnnn2C)cc1F. The Morgan fingerprint density at radius 3 is 2.76 bits per heavy atom. The molecule has 0 amide bonds. The third-order valence-electron chi connectivity index (χ3n) is 2.74. The van der Waals surface area contributed by atoms with E-state index < -0.39 is 0 Å². The van der Waals surface area contributed by atoms with Gasteiger partial charge in [-0.15, -0.1) is 5.10 Å². The zero-order chi connectivity index (χ0) is 12.4. The van der Waals surface area contributed by atoms with Crippen molar-refractivity contribution in [2.75, 3.05) is 0 Å². The van der Waals surface area contributed by atoms with Gasteiger partial charge < -0.3 is 0 Å². The number of nitrogens with two attached hydrogens (primary N) is 1. The summed E-state index contributed by atoms with van der Waals surface area (Å²) in [7, 11) is 1.76. The number of aryl methyl sites for hydroxylation is 2. The van der Waals surface area contributed by atoms with Crippen LogP contribution in [0, 0.1) is 12.7 Å². The summed E-state index contributed by atoms with van der Waals surface area (Å²) in [5.41, 5.74) is 4.76. The number of nitrogens with zero attached hydrogens (tertiary/aromatic N) is 3. The molecule has 1 aromatic heterocycles. The molecule has 0 saturated heterocycles. The third kappa shape index (κ3) is 2.17. The Balaban J connectivity index is 2.42. The van der Waals surface area contributed by atoms with Crippen LogP contribution in [0.4, 0.5) is 4.39 Å². The summed E-state index contributed by atoms with van der Waals surface area (Å²) in [5.74, 6) is 5.26. The van der Waals surface area contributed by atoms with Crippen LogP contribution in [0.2, 0.25) is 0 Å². The van der Waals surface area contributed by atoms with Crippen LogP contribution in [-0.4, -0.2) is 15.0 Å². The fourth-order valence-electron chi connectivity index (χ4n) is 1.70. The van der Waals surface area contributed by atoms with Gasteiger partial charge in [0.1, 0.15) is 5.82 Å². The van der Waals surface area contributed by atoms with Crippen molar-refractivity contribution < 1.29 is 4.39 Å². The maximum atomic E-state index is 13.5. The van der Waals surface area contributed by atoms with E-state index >= 15 is 0 Å². The summed E-state index contributed by atoms with van der Waals surface area (Å²) in [6.45, 7) is 1.72. The predicted octanol–water partition coefficient (Wildman–Crippen LogP) is 0.815. The molecule has 3 N–H and O–H groups in total. The highest BCUT2D eigenvalue weighted by atomic mass is 19.1. The quantitative estimate of drug-likeness (QED) is 0.610. The first-order valence-corrected chi connectivity index (χ1v) is 5.20. The Labute approximate surface area is 98.4 Å². The minimum atomic E-state index is -0.329. The molecular weight excluding hydrogens is 221 g/mol. The second-order valence-corrected chi connectivity index (χ2v) is 3.89. The first kappa shape index (κ1) is 11.7. The summed E-state index contributed by atoms with van der Waals surface area (Å²) in [5, 5.41) is 7.61. The van der Waals surface area contributed by atoms with Gasteiger partial charge in [-0.25, -0.2) is 9.82 Å². The van der Waals surface area contributed by atoms with Crippen LogP contribution < -0.4 is 11.3 Å². The summed E-state index contributed by atoms with van der Waals surface area (Å²) < 4.78 is 15.1. The van der Waals surface area contributed by atoms with Gasteiger partial charge in [0.2, 0.25) is 0 Å². The molecule has 1 unspecified atom stereocenters. The summed E-state index contributed by atoms with van der Waals surface area (Å²) >= 11 is 0. The molecule has 1 heterocycles. The number of halogens is 1. The molecule has 2 aromatic rings. The Hall–Kier alpha value is -1.79. The van der Waals surface area contributed by atoms with E-state index in [9.17, 15) is 4.39 Å². The van der Waals surface area contributed by atoms with Gasteiger partial charge in [0, 0.05) is 7.05 Å². The smallest absolute Gasteiger partial charge is 0.126 e. The molecule has 2 rings (SSSR count). The lowest BCUT2D eigenvalue weighted by molar-refractivity contribution is 0.561. The number of nitrogens with one attached hydrogen (secondary N) is 1. The predicted molar refractivity (Wildman–Crippen MR) is 61.3 cm³/mol. The van der Waals surface area contributed by atoms with Crippen LogP contribution in [0.5, 0.6) is 0 Å². The Morgan fingerprint density at radius 2 is 2.24 bits per heavy atom. The summed E-state index contributed by atoms with van der Waals surface area (Å²) in [4.78, 5) is 0. The van der Waals surface area contributed by atoms with Gasteiger partial charge >= 0.3 is 0 Å². The van der Waals surface area contributed by atoms with Crippen molar-refractivity contribution in [1.82, 2.24) is 20.4 Å². The van der Waals surface area contributed by atoms with Crippen molar-refractivity contribution in [3.05, 3.63) is 47.0 Å². The molecule has 90 valence electrons. The van der Waals surface area contributed by atoms with E-state index in [-0.39, 0.29) is 11.9 Å². The monoisotopic (exact) mass is 235 g/mol. The van der Waals surface area contributed by atoms with E-state index in [1.54, 1.807) is 30.9 Å². The van der Waals surface area contributed by atoms with Crippen LogP contribution in [0.25, 0.3) is 0 Å². The topological polar surface area (TPSA) is 68.8 Å². The molecular formula is C11H14FN5. The maximum absolute atomic E-state index is 13.5. The second kappa shape index (κ2) is 4.60. The van der Waals surface area contributed by atoms with Gasteiger partial charge in [0.25, 0.3) is 0 Å². The highest BCUT2D eigenvalue weighted by Crippen LogP contribution is 2.21. The van der Waals surface area contributed by atoms with Crippen molar-refractivity contribution in [2.24, 2.45) is 12.9 Å². The summed E-state index contributed by atoms with van der Waals surface area (Å²) in [6.07, 6.45) is 1.60. The molecule has 0 aliphatic heterocycles. The van der Waals surface area contributed by atoms with Gasteiger partial charge in [-0.3, -0.25) is 10.5 Å². The molecule has 0 bridgehead atoms. The molecule has 0 saturated carbocycles. The van der Waals surface area contributed by atoms with Gasteiger partial charge in [-0.2, -0.15) is 0 Å². The number of hydrogen-bond acceptors (Lipinski definition) is 4. The third-order valence-corrected chi connectivity index (χ3v) is 2.74. The van der Waals surface area contributed by atoms with Crippen molar-refractivity contribution in [1.29, 1.82) is 0 Å². The number of aromatic nitrogens is 3. The number of rotatable bonds is 3. The van der Waals surface area contributed by atoms with Gasteiger partial charge in [0.15, 0.2) is 0 Å². The lowest BCUT2D eigenvalue weighted by atomic mass is 10.0.